The van der Waals surface area contributed by atoms with Crippen molar-refractivity contribution in [3.05, 3.63) is 125 Å². The molecule has 5 rings (SSSR count). The number of aromatic nitrogens is 1. The average Bonchev–Trinajstić information content (AvgIpc) is 3.27. The first kappa shape index (κ1) is 28.6. The normalized spacial score (nSPS) is 14.8. The number of ether oxygens (including phenoxy) is 3. The van der Waals surface area contributed by atoms with Crippen molar-refractivity contribution in [3.63, 3.8) is 0 Å². The minimum absolute atomic E-state index is 0.226. The van der Waals surface area contributed by atoms with Gasteiger partial charge in [0, 0.05) is 0 Å². The van der Waals surface area contributed by atoms with E-state index in [0.29, 0.717) is 49.8 Å². The SMILES string of the molecule is CCOC(=O)C1=C(C)N=c2sc(=Cc3cc(Br)c(OCc4ccccc4)c(OCC)c3)c(=O)n2C1c1ccccc1. The number of allylic oxidation sites excluding steroid dienone is 1. The van der Waals surface area contributed by atoms with Gasteiger partial charge in [-0.15, -0.1) is 0 Å². The van der Waals surface area contributed by atoms with Gasteiger partial charge in [-0.05, 0) is 71.6 Å². The summed E-state index contributed by atoms with van der Waals surface area (Å²) in [5, 5.41) is 0. The third kappa shape index (κ3) is 6.06. The van der Waals surface area contributed by atoms with E-state index in [9.17, 15) is 9.59 Å². The maximum absolute atomic E-state index is 13.9. The molecule has 0 radical (unpaired) electrons. The molecule has 1 unspecified atom stereocenters. The van der Waals surface area contributed by atoms with Crippen molar-refractivity contribution in [1.29, 1.82) is 0 Å². The molecule has 1 aliphatic heterocycles. The van der Waals surface area contributed by atoms with Crippen LogP contribution in [0.15, 0.2) is 98.3 Å². The smallest absolute Gasteiger partial charge is 0.338 e. The molecule has 3 aromatic carbocycles. The number of fused-ring (bicyclic) bond motifs is 1. The number of nitrogens with zero attached hydrogens (tertiary/aromatic N) is 2. The third-order valence-electron chi connectivity index (χ3n) is 6.49. The lowest BCUT2D eigenvalue weighted by atomic mass is 9.96. The molecule has 9 heteroatoms. The number of thiazole rings is 1. The number of halogens is 1. The molecule has 4 aromatic rings. The minimum atomic E-state index is -0.645. The third-order valence-corrected chi connectivity index (χ3v) is 8.06. The van der Waals surface area contributed by atoms with Crippen LogP contribution in [-0.2, 0) is 16.1 Å². The summed E-state index contributed by atoms with van der Waals surface area (Å²) in [4.78, 5) is 32.1. The Kier molecular flexibility index (Phi) is 8.85. The number of carbonyl (C=O) groups excluding carboxylic acids is 1. The molecule has 1 aliphatic rings. The van der Waals surface area contributed by atoms with Crippen molar-refractivity contribution in [3.8, 4) is 11.5 Å². The lowest BCUT2D eigenvalue weighted by Crippen LogP contribution is -2.39. The quantitative estimate of drug-likeness (QED) is 0.226. The summed E-state index contributed by atoms with van der Waals surface area (Å²) in [7, 11) is 0. The monoisotopic (exact) mass is 632 g/mol. The Morgan fingerprint density at radius 2 is 1.73 bits per heavy atom. The molecule has 0 N–H and O–H groups in total. The Labute approximate surface area is 250 Å². The highest BCUT2D eigenvalue weighted by Crippen LogP contribution is 2.38. The molecule has 1 aromatic heterocycles. The van der Waals surface area contributed by atoms with Gasteiger partial charge in [0.1, 0.15) is 6.61 Å². The van der Waals surface area contributed by atoms with E-state index < -0.39 is 12.0 Å². The summed E-state index contributed by atoms with van der Waals surface area (Å²) in [5.41, 5.74) is 3.26. The fraction of sp³-hybridized carbons (Fsp3) is 0.219. The van der Waals surface area contributed by atoms with E-state index in [2.05, 4.69) is 20.9 Å². The Morgan fingerprint density at radius 1 is 1.02 bits per heavy atom. The van der Waals surface area contributed by atoms with Gasteiger partial charge in [-0.2, -0.15) is 0 Å². The van der Waals surface area contributed by atoms with Crippen molar-refractivity contribution in [1.82, 2.24) is 4.57 Å². The van der Waals surface area contributed by atoms with Gasteiger partial charge in [0.05, 0.1) is 39.5 Å². The zero-order chi connectivity index (χ0) is 28.9. The number of hydrogen-bond acceptors (Lipinski definition) is 7. The fourth-order valence-corrected chi connectivity index (χ4v) is 6.32. The molecular weight excluding hydrogens is 604 g/mol. The van der Waals surface area contributed by atoms with Gasteiger partial charge in [0.25, 0.3) is 5.56 Å². The zero-order valence-corrected chi connectivity index (χ0v) is 25.3. The number of esters is 1. The zero-order valence-electron chi connectivity index (χ0n) is 22.9. The van der Waals surface area contributed by atoms with Crippen LogP contribution in [0.3, 0.4) is 0 Å². The molecule has 0 aliphatic carbocycles. The van der Waals surface area contributed by atoms with E-state index in [1.54, 1.807) is 18.4 Å². The second-order valence-corrected chi connectivity index (χ2v) is 11.1. The molecule has 0 saturated carbocycles. The predicted molar refractivity (Wildman–Crippen MR) is 163 cm³/mol. The highest BCUT2D eigenvalue weighted by molar-refractivity contribution is 9.10. The van der Waals surface area contributed by atoms with E-state index in [-0.39, 0.29) is 12.2 Å². The van der Waals surface area contributed by atoms with Gasteiger partial charge in [-0.3, -0.25) is 9.36 Å². The molecule has 2 heterocycles. The van der Waals surface area contributed by atoms with Crippen molar-refractivity contribution in [2.24, 2.45) is 4.99 Å². The van der Waals surface area contributed by atoms with Gasteiger partial charge >= 0.3 is 5.97 Å². The molecule has 1 atom stereocenters. The average molecular weight is 634 g/mol. The highest BCUT2D eigenvalue weighted by Gasteiger charge is 2.33. The first-order valence-electron chi connectivity index (χ1n) is 13.3. The van der Waals surface area contributed by atoms with Crippen LogP contribution in [0.25, 0.3) is 6.08 Å². The molecular formula is C32H29BrN2O5S. The lowest BCUT2D eigenvalue weighted by molar-refractivity contribution is -0.139. The Balaban J connectivity index is 1.58. The molecule has 0 amide bonds. The van der Waals surface area contributed by atoms with E-state index in [4.69, 9.17) is 14.2 Å². The van der Waals surface area contributed by atoms with Crippen LogP contribution in [0.2, 0.25) is 0 Å². The van der Waals surface area contributed by atoms with Crippen LogP contribution in [0.4, 0.5) is 0 Å². The van der Waals surface area contributed by atoms with Crippen molar-refractivity contribution in [2.75, 3.05) is 13.2 Å². The number of carbonyl (C=O) groups is 1. The lowest BCUT2D eigenvalue weighted by Gasteiger charge is -2.24. The molecule has 41 heavy (non-hydrogen) atoms. The van der Waals surface area contributed by atoms with E-state index in [1.807, 2.05) is 85.8 Å². The largest absolute Gasteiger partial charge is 0.490 e. The Hall–Kier alpha value is -3.95. The topological polar surface area (TPSA) is 79.1 Å². The second-order valence-electron chi connectivity index (χ2n) is 9.25. The van der Waals surface area contributed by atoms with Crippen LogP contribution >= 0.6 is 27.3 Å². The number of hydrogen-bond donors (Lipinski definition) is 0. The molecule has 210 valence electrons. The standard InChI is InChI=1S/C32H29BrN2O5S/c1-4-38-25-17-22(16-24(33)29(25)40-19-21-12-8-6-9-13-21)18-26-30(36)35-28(23-14-10-7-11-15-23)27(31(37)39-5-2)20(3)34-32(35)41-26/h6-18,28H,4-5,19H2,1-3H3. The second kappa shape index (κ2) is 12.7. The minimum Gasteiger partial charge on any atom is -0.490 e. The predicted octanol–water partition coefficient (Wildman–Crippen LogP) is 5.54. The number of benzene rings is 3. The van der Waals surface area contributed by atoms with Gasteiger partial charge in [-0.25, -0.2) is 9.79 Å². The van der Waals surface area contributed by atoms with Crippen molar-refractivity contribution >= 4 is 39.3 Å². The van der Waals surface area contributed by atoms with Crippen molar-refractivity contribution in [2.45, 2.75) is 33.4 Å². The summed E-state index contributed by atoms with van der Waals surface area (Å²) in [6.07, 6.45) is 1.81. The summed E-state index contributed by atoms with van der Waals surface area (Å²) >= 11 is 4.91. The van der Waals surface area contributed by atoms with E-state index in [1.165, 1.54) is 11.3 Å². The van der Waals surface area contributed by atoms with Crippen LogP contribution < -0.4 is 24.4 Å². The van der Waals surface area contributed by atoms with E-state index in [0.717, 1.165) is 16.7 Å². The molecule has 7 nitrogen and oxygen atoms in total. The van der Waals surface area contributed by atoms with Crippen molar-refractivity contribution < 1.29 is 19.0 Å². The summed E-state index contributed by atoms with van der Waals surface area (Å²) in [5.74, 6) is 0.681. The van der Waals surface area contributed by atoms with Crippen LogP contribution in [0, 0.1) is 0 Å². The molecule has 0 spiro atoms. The first-order valence-corrected chi connectivity index (χ1v) is 14.9. The van der Waals surface area contributed by atoms with Gasteiger partial charge < -0.3 is 14.2 Å². The Bertz CT molecular complexity index is 1780. The van der Waals surface area contributed by atoms with Gasteiger partial charge in [-0.1, -0.05) is 72.0 Å². The number of rotatable bonds is 9. The van der Waals surface area contributed by atoms with Crippen LogP contribution in [0.5, 0.6) is 11.5 Å². The molecule has 0 bridgehead atoms. The van der Waals surface area contributed by atoms with Gasteiger partial charge in [0.2, 0.25) is 0 Å². The highest BCUT2D eigenvalue weighted by atomic mass is 79.9. The molecule has 0 fully saturated rings. The maximum atomic E-state index is 13.9. The summed E-state index contributed by atoms with van der Waals surface area (Å²) in [6.45, 7) is 6.51. The Morgan fingerprint density at radius 3 is 2.41 bits per heavy atom. The molecule has 0 saturated heterocycles. The maximum Gasteiger partial charge on any atom is 0.338 e. The van der Waals surface area contributed by atoms with Crippen LogP contribution in [-0.4, -0.2) is 23.8 Å². The van der Waals surface area contributed by atoms with E-state index >= 15 is 0 Å². The van der Waals surface area contributed by atoms with Gasteiger partial charge in [0.15, 0.2) is 16.3 Å². The fourth-order valence-electron chi connectivity index (χ4n) is 4.70. The first-order chi connectivity index (χ1) is 19.9. The summed E-state index contributed by atoms with van der Waals surface area (Å²) < 4.78 is 20.2. The van der Waals surface area contributed by atoms with Crippen LogP contribution in [0.1, 0.15) is 43.5 Å². The summed E-state index contributed by atoms with van der Waals surface area (Å²) in [6, 6.07) is 22.5.